The maximum absolute atomic E-state index is 9.87. The molecule has 8 heavy (non-hydrogen) atoms. The minimum atomic E-state index is -1.06. The predicted molar refractivity (Wildman–Crippen MR) is 22.9 cm³/mol. The van der Waals surface area contributed by atoms with Crippen LogP contribution in [-0.2, 0) is 9.59 Å². The van der Waals surface area contributed by atoms with Crippen molar-refractivity contribution in [2.24, 2.45) is 0 Å². The molecule has 0 amide bonds. The largest absolute Gasteiger partial charge is 0.481 e. The van der Waals surface area contributed by atoms with E-state index < -0.39 is 5.97 Å². The molecule has 0 unspecified atom stereocenters. The van der Waals surface area contributed by atoms with Crippen LogP contribution in [0.5, 0.6) is 0 Å². The first-order valence-corrected chi connectivity index (χ1v) is 1.84. The van der Waals surface area contributed by atoms with E-state index in [1.54, 1.807) is 0 Å². The Kier molecular flexibility index (Phi) is 7.82. The van der Waals surface area contributed by atoms with Crippen molar-refractivity contribution < 1.29 is 53.3 Å². The van der Waals surface area contributed by atoms with E-state index in [0.717, 1.165) is 0 Å². The quantitative estimate of drug-likeness (QED) is 0.714. The molecule has 1 radical (unpaired) electrons. The van der Waals surface area contributed by atoms with Gasteiger partial charge in [-0.25, -0.2) is 0 Å². The van der Waals surface area contributed by atoms with Gasteiger partial charge in [-0.3, -0.25) is 9.59 Å². The summed E-state index contributed by atoms with van der Waals surface area (Å²) in [5.41, 5.74) is 0. The van der Waals surface area contributed by atoms with Gasteiger partial charge < -0.3 is 5.11 Å². The maximum Gasteiger partial charge on any atom is 0.310 e. The second kappa shape index (κ2) is 5.56. The molecule has 0 bridgehead atoms. The van der Waals surface area contributed by atoms with Crippen molar-refractivity contribution in [1.29, 1.82) is 0 Å². The SMILES string of the molecule is CC(=O)CC(=O)O.[Tb]. The molecule has 0 rings (SSSR count). The van der Waals surface area contributed by atoms with Crippen LogP contribution in [0, 0.1) is 38.6 Å². The third-order valence-corrected chi connectivity index (χ3v) is 0.400. The van der Waals surface area contributed by atoms with E-state index in [9.17, 15) is 9.59 Å². The van der Waals surface area contributed by atoms with Crippen LogP contribution >= 0.6 is 0 Å². The van der Waals surface area contributed by atoms with Gasteiger partial charge in [-0.05, 0) is 6.92 Å². The van der Waals surface area contributed by atoms with Crippen LogP contribution in [0.4, 0.5) is 0 Å². The first-order valence-electron chi connectivity index (χ1n) is 1.84. The van der Waals surface area contributed by atoms with Crippen molar-refractivity contribution in [2.75, 3.05) is 0 Å². The van der Waals surface area contributed by atoms with Gasteiger partial charge in [0.1, 0.15) is 12.2 Å². The Balaban J connectivity index is 0. The van der Waals surface area contributed by atoms with Crippen molar-refractivity contribution in [1.82, 2.24) is 0 Å². The van der Waals surface area contributed by atoms with E-state index in [-0.39, 0.29) is 50.8 Å². The number of carboxylic acid groups (broad SMARTS) is 1. The van der Waals surface area contributed by atoms with Gasteiger partial charge in [0.2, 0.25) is 0 Å². The fourth-order valence-electron chi connectivity index (χ4n) is 0.213. The summed E-state index contributed by atoms with van der Waals surface area (Å²) in [6, 6.07) is 0. The van der Waals surface area contributed by atoms with Gasteiger partial charge in [0.15, 0.2) is 0 Å². The van der Waals surface area contributed by atoms with E-state index in [1.165, 1.54) is 6.92 Å². The zero-order valence-electron chi connectivity index (χ0n) is 4.30. The number of ketones is 1. The number of carbonyl (C=O) groups is 2. The van der Waals surface area contributed by atoms with Crippen LogP contribution < -0.4 is 0 Å². The van der Waals surface area contributed by atoms with Crippen LogP contribution in [0.3, 0.4) is 0 Å². The number of hydrogen-bond donors (Lipinski definition) is 1. The topological polar surface area (TPSA) is 54.4 Å². The molecule has 1 N–H and O–H groups in total. The van der Waals surface area contributed by atoms with E-state index in [4.69, 9.17) is 5.11 Å². The summed E-state index contributed by atoms with van der Waals surface area (Å²) < 4.78 is 0. The first kappa shape index (κ1) is 11.3. The molecule has 0 aromatic heterocycles. The zero-order valence-corrected chi connectivity index (χ0v) is 6.44. The number of aliphatic carboxylic acids is 1. The smallest absolute Gasteiger partial charge is 0.310 e. The minimum absolute atomic E-state index is 0. The Morgan fingerprint density at radius 1 is 1.50 bits per heavy atom. The molecule has 0 aliphatic carbocycles. The Morgan fingerprint density at radius 3 is 1.88 bits per heavy atom. The average molecular weight is 261 g/mol. The molecule has 4 heteroatoms. The van der Waals surface area contributed by atoms with Crippen LogP contribution in [0.2, 0.25) is 0 Å². The van der Waals surface area contributed by atoms with Crippen molar-refractivity contribution in [3.05, 3.63) is 0 Å². The molecular weight excluding hydrogens is 255 g/mol. The standard InChI is InChI=1S/C4H6O3.Tb/c1-3(5)2-4(6)7;/h2H2,1H3,(H,6,7);. The Bertz CT molecular complexity index is 87.5. The summed E-state index contributed by atoms with van der Waals surface area (Å²) in [6.07, 6.45) is -0.361. The molecule has 0 heterocycles. The van der Waals surface area contributed by atoms with Crippen molar-refractivity contribution >= 4 is 11.8 Å². The molecule has 0 aliphatic rings. The van der Waals surface area contributed by atoms with Gasteiger partial charge in [-0.15, -0.1) is 0 Å². The predicted octanol–water partition coefficient (Wildman–Crippen LogP) is 0.0501. The van der Waals surface area contributed by atoms with Crippen molar-refractivity contribution in [3.8, 4) is 0 Å². The molecular formula is C4H6O3Tb. The maximum atomic E-state index is 9.87. The average Bonchev–Trinajstić information content (AvgIpc) is 1.27. The normalized spacial score (nSPS) is 7.12. The van der Waals surface area contributed by atoms with Crippen molar-refractivity contribution in [3.63, 3.8) is 0 Å². The second-order valence-corrected chi connectivity index (χ2v) is 1.27. The fourth-order valence-corrected chi connectivity index (χ4v) is 0.213. The fraction of sp³-hybridized carbons (Fsp3) is 0.500. The zero-order chi connectivity index (χ0) is 5.86. The van der Waals surface area contributed by atoms with Crippen LogP contribution in [0.15, 0.2) is 0 Å². The molecule has 0 atom stereocenters. The number of rotatable bonds is 2. The number of carboxylic acids is 1. The molecule has 0 spiro atoms. The van der Waals surface area contributed by atoms with E-state index in [1.807, 2.05) is 0 Å². The molecule has 0 fully saturated rings. The Morgan fingerprint density at radius 2 is 1.88 bits per heavy atom. The number of hydrogen-bond acceptors (Lipinski definition) is 2. The molecule has 0 saturated carbocycles. The van der Waals surface area contributed by atoms with Gasteiger partial charge in [0, 0.05) is 38.6 Å². The third-order valence-electron chi connectivity index (χ3n) is 0.400. The number of carbonyl (C=O) groups excluding carboxylic acids is 1. The van der Waals surface area contributed by atoms with E-state index >= 15 is 0 Å². The molecule has 0 saturated heterocycles. The van der Waals surface area contributed by atoms with E-state index in [0.29, 0.717) is 0 Å². The molecule has 0 aromatic carbocycles. The molecule has 0 aliphatic heterocycles. The first-order chi connectivity index (χ1) is 3.13. The molecule has 0 aromatic rings. The van der Waals surface area contributed by atoms with Crippen LogP contribution in [-0.4, -0.2) is 16.9 Å². The van der Waals surface area contributed by atoms with Gasteiger partial charge in [0.05, 0.1) is 0 Å². The molecule has 49 valence electrons. The van der Waals surface area contributed by atoms with Crippen LogP contribution in [0.1, 0.15) is 13.3 Å². The summed E-state index contributed by atoms with van der Waals surface area (Å²) in [7, 11) is 0. The monoisotopic (exact) mass is 261 g/mol. The van der Waals surface area contributed by atoms with Gasteiger partial charge in [-0.2, -0.15) is 0 Å². The third kappa shape index (κ3) is 9.66. The minimum Gasteiger partial charge on any atom is -0.481 e. The Labute approximate surface area is 77.9 Å². The van der Waals surface area contributed by atoms with Crippen LogP contribution in [0.25, 0.3) is 0 Å². The number of Topliss-reactive ketones (excluding diaryl/α,β-unsaturated/α-hetero) is 1. The summed E-state index contributed by atoms with van der Waals surface area (Å²) in [4.78, 5) is 19.5. The summed E-state index contributed by atoms with van der Waals surface area (Å²) in [5, 5.41) is 7.86. The van der Waals surface area contributed by atoms with E-state index in [2.05, 4.69) is 0 Å². The van der Waals surface area contributed by atoms with Crippen molar-refractivity contribution in [2.45, 2.75) is 13.3 Å². The van der Waals surface area contributed by atoms with Gasteiger partial charge >= 0.3 is 5.97 Å². The summed E-state index contributed by atoms with van der Waals surface area (Å²) in [5.74, 6) is -1.37. The second-order valence-electron chi connectivity index (χ2n) is 1.27. The van der Waals surface area contributed by atoms with Gasteiger partial charge in [0.25, 0.3) is 0 Å². The summed E-state index contributed by atoms with van der Waals surface area (Å²) in [6.45, 7) is 1.24. The Hall–Kier alpha value is 0.426. The molecule has 3 nitrogen and oxygen atoms in total. The summed E-state index contributed by atoms with van der Waals surface area (Å²) >= 11 is 0. The van der Waals surface area contributed by atoms with Gasteiger partial charge in [-0.1, -0.05) is 0 Å².